The van der Waals surface area contributed by atoms with E-state index < -0.39 is 18.1 Å². The van der Waals surface area contributed by atoms with Crippen LogP contribution in [0.4, 0.5) is 0 Å². The molecule has 5 N–H and O–H groups in total. The van der Waals surface area contributed by atoms with Crippen molar-refractivity contribution in [1.82, 2.24) is 5.32 Å². The molecule has 0 saturated heterocycles. The number of nitrogens with two attached hydrogens (primary N) is 1. The fourth-order valence-electron chi connectivity index (χ4n) is 1.02. The molecule has 0 bridgehead atoms. The summed E-state index contributed by atoms with van der Waals surface area (Å²) in [5.74, 6) is -1.25. The summed E-state index contributed by atoms with van der Waals surface area (Å²) in [5.41, 5.74) is 5.30. The van der Waals surface area contributed by atoms with Gasteiger partial charge in [0.25, 0.3) is 0 Å². The quantitative estimate of drug-likeness (QED) is 0.502. The van der Waals surface area contributed by atoms with Crippen LogP contribution < -0.4 is 11.1 Å². The van der Waals surface area contributed by atoms with Gasteiger partial charge in [0.1, 0.15) is 0 Å². The molecular weight excluding hydrogens is 248 g/mol. The van der Waals surface area contributed by atoms with E-state index in [-0.39, 0.29) is 12.4 Å². The van der Waals surface area contributed by atoms with Crippen LogP contribution >= 0.6 is 12.4 Å². The van der Waals surface area contributed by atoms with Gasteiger partial charge in [-0.2, -0.15) is 0 Å². The minimum Gasteiger partial charge on any atom is -0.479 e. The van der Waals surface area contributed by atoms with Crippen LogP contribution in [0.5, 0.6) is 0 Å². The monoisotopic (exact) mass is 268 g/mol. The van der Waals surface area contributed by atoms with E-state index in [0.29, 0.717) is 12.5 Å². The Balaban J connectivity index is 0. The van der Waals surface area contributed by atoms with Crippen LogP contribution in [-0.2, 0) is 9.59 Å². The first-order valence-corrected chi connectivity index (χ1v) is 5.39. The normalized spacial score (nSPS) is 16.6. The van der Waals surface area contributed by atoms with Crippen molar-refractivity contribution in [1.29, 1.82) is 0 Å². The van der Waals surface area contributed by atoms with Gasteiger partial charge in [-0.05, 0) is 19.3 Å². The molecule has 0 aromatic rings. The molecule has 102 valence electrons. The standard InChI is InChI=1S/C6H13NO3.C4H7NO.ClH/c1-2-3-4(7)5(8)6(9)10;6-3-5-4-1-2-4;/h4-5,8H,2-3,7H2,1H3,(H,9,10);3-4H,1-2H2,(H,5,6);1H/t4-,5?;;/m0../s1. The highest BCUT2D eigenvalue weighted by Crippen LogP contribution is 2.17. The Hall–Kier alpha value is -0.850. The fourth-order valence-corrected chi connectivity index (χ4v) is 1.02. The SMILES string of the molecule is CCC[C@H](N)C(O)C(=O)O.Cl.O=CNC1CC1. The van der Waals surface area contributed by atoms with E-state index >= 15 is 0 Å². The number of halogens is 1. The second-order valence-electron chi connectivity index (χ2n) is 3.79. The molecule has 0 aromatic heterocycles. The van der Waals surface area contributed by atoms with Gasteiger partial charge in [-0.15, -0.1) is 12.4 Å². The van der Waals surface area contributed by atoms with Gasteiger partial charge >= 0.3 is 5.97 Å². The molecular formula is C10H21ClN2O4. The Morgan fingerprint density at radius 2 is 2.12 bits per heavy atom. The second-order valence-corrected chi connectivity index (χ2v) is 3.79. The summed E-state index contributed by atoms with van der Waals surface area (Å²) in [6.07, 6.45) is 3.02. The number of hydrogen-bond acceptors (Lipinski definition) is 4. The zero-order valence-electron chi connectivity index (χ0n) is 9.83. The van der Waals surface area contributed by atoms with Gasteiger partial charge < -0.3 is 21.3 Å². The van der Waals surface area contributed by atoms with Crippen LogP contribution in [0.1, 0.15) is 32.6 Å². The number of nitrogens with one attached hydrogen (secondary N) is 1. The maximum atomic E-state index is 10.1. The predicted octanol–water partition coefficient (Wildman–Crippen LogP) is -0.124. The number of carboxylic acid groups (broad SMARTS) is 1. The van der Waals surface area contributed by atoms with E-state index in [0.717, 1.165) is 12.8 Å². The lowest BCUT2D eigenvalue weighted by Crippen LogP contribution is -2.40. The highest BCUT2D eigenvalue weighted by atomic mass is 35.5. The first kappa shape index (κ1) is 18.5. The van der Waals surface area contributed by atoms with Gasteiger partial charge in [0.05, 0.1) is 0 Å². The Labute approximate surface area is 107 Å². The van der Waals surface area contributed by atoms with Crippen molar-refractivity contribution < 1.29 is 19.8 Å². The van der Waals surface area contributed by atoms with Crippen molar-refractivity contribution >= 4 is 24.8 Å². The molecule has 1 amide bonds. The van der Waals surface area contributed by atoms with E-state index in [2.05, 4.69) is 5.32 Å². The summed E-state index contributed by atoms with van der Waals surface area (Å²) in [4.78, 5) is 19.6. The average molecular weight is 269 g/mol. The van der Waals surface area contributed by atoms with Gasteiger partial charge in [-0.25, -0.2) is 4.79 Å². The highest BCUT2D eigenvalue weighted by Gasteiger charge is 2.20. The van der Waals surface area contributed by atoms with Gasteiger partial charge in [0.2, 0.25) is 6.41 Å². The Morgan fingerprint density at radius 1 is 1.59 bits per heavy atom. The molecule has 0 aromatic carbocycles. The maximum Gasteiger partial charge on any atom is 0.334 e. The summed E-state index contributed by atoms with van der Waals surface area (Å²) in [7, 11) is 0. The molecule has 2 atom stereocenters. The Kier molecular flexibility index (Phi) is 11.2. The largest absolute Gasteiger partial charge is 0.479 e. The smallest absolute Gasteiger partial charge is 0.334 e. The number of carbonyl (C=O) groups excluding carboxylic acids is 1. The minimum absolute atomic E-state index is 0. The van der Waals surface area contributed by atoms with Gasteiger partial charge in [-0.1, -0.05) is 13.3 Å². The number of amides is 1. The number of hydrogen-bond donors (Lipinski definition) is 4. The summed E-state index contributed by atoms with van der Waals surface area (Å²) in [6.45, 7) is 1.88. The van der Waals surface area contributed by atoms with Crippen LogP contribution in [0.25, 0.3) is 0 Å². The third kappa shape index (κ3) is 10.0. The van der Waals surface area contributed by atoms with E-state index in [1.807, 2.05) is 6.92 Å². The lowest BCUT2D eigenvalue weighted by Gasteiger charge is -2.12. The maximum absolute atomic E-state index is 10.1. The minimum atomic E-state index is -1.42. The number of rotatable bonds is 6. The third-order valence-corrected chi connectivity index (χ3v) is 2.16. The first-order valence-electron chi connectivity index (χ1n) is 5.39. The molecule has 0 aliphatic heterocycles. The Bertz CT molecular complexity index is 224. The number of aliphatic carboxylic acids is 1. The number of aliphatic hydroxyl groups excluding tert-OH is 1. The molecule has 0 spiro atoms. The number of carbonyl (C=O) groups is 2. The average Bonchev–Trinajstić information content (AvgIpc) is 3.02. The molecule has 1 rings (SSSR count). The number of aliphatic hydroxyl groups is 1. The van der Waals surface area contributed by atoms with Crippen molar-refractivity contribution in [3.05, 3.63) is 0 Å². The fraction of sp³-hybridized carbons (Fsp3) is 0.800. The molecule has 7 heteroatoms. The van der Waals surface area contributed by atoms with Crippen molar-refractivity contribution in [3.63, 3.8) is 0 Å². The van der Waals surface area contributed by atoms with Gasteiger partial charge in [-0.3, -0.25) is 4.79 Å². The molecule has 1 aliphatic rings. The predicted molar refractivity (Wildman–Crippen MR) is 66.0 cm³/mol. The molecule has 1 aliphatic carbocycles. The van der Waals surface area contributed by atoms with Gasteiger partial charge in [0.15, 0.2) is 6.10 Å². The van der Waals surface area contributed by atoms with Crippen molar-refractivity contribution in [2.24, 2.45) is 5.73 Å². The van der Waals surface area contributed by atoms with E-state index in [4.69, 9.17) is 15.9 Å². The van der Waals surface area contributed by atoms with Crippen LogP contribution in [0, 0.1) is 0 Å². The van der Waals surface area contributed by atoms with Crippen LogP contribution in [0.2, 0.25) is 0 Å². The molecule has 1 fully saturated rings. The summed E-state index contributed by atoms with van der Waals surface area (Å²) >= 11 is 0. The summed E-state index contributed by atoms with van der Waals surface area (Å²) < 4.78 is 0. The van der Waals surface area contributed by atoms with E-state index in [1.165, 1.54) is 12.8 Å². The molecule has 6 nitrogen and oxygen atoms in total. The molecule has 0 heterocycles. The lowest BCUT2D eigenvalue weighted by molar-refractivity contribution is -0.147. The first-order chi connectivity index (χ1) is 7.52. The topological polar surface area (TPSA) is 113 Å². The second kappa shape index (κ2) is 10.3. The zero-order chi connectivity index (χ0) is 12.6. The van der Waals surface area contributed by atoms with Gasteiger partial charge in [0, 0.05) is 12.1 Å². The summed E-state index contributed by atoms with van der Waals surface area (Å²) in [6, 6.07) is -0.106. The Morgan fingerprint density at radius 3 is 2.35 bits per heavy atom. The van der Waals surface area contributed by atoms with Crippen molar-refractivity contribution in [2.75, 3.05) is 0 Å². The van der Waals surface area contributed by atoms with Crippen LogP contribution in [0.3, 0.4) is 0 Å². The molecule has 17 heavy (non-hydrogen) atoms. The third-order valence-electron chi connectivity index (χ3n) is 2.16. The zero-order valence-corrected chi connectivity index (χ0v) is 10.7. The number of carboxylic acids is 1. The lowest BCUT2D eigenvalue weighted by atomic mass is 10.1. The molecule has 1 saturated carbocycles. The van der Waals surface area contributed by atoms with Crippen molar-refractivity contribution in [2.45, 2.75) is 50.8 Å². The molecule has 0 radical (unpaired) electrons. The van der Waals surface area contributed by atoms with E-state index in [9.17, 15) is 9.59 Å². The van der Waals surface area contributed by atoms with Crippen LogP contribution in [-0.4, -0.2) is 40.8 Å². The van der Waals surface area contributed by atoms with E-state index in [1.54, 1.807) is 0 Å². The van der Waals surface area contributed by atoms with Crippen LogP contribution in [0.15, 0.2) is 0 Å². The molecule has 1 unspecified atom stereocenters. The highest BCUT2D eigenvalue weighted by molar-refractivity contribution is 5.85. The van der Waals surface area contributed by atoms with Crippen molar-refractivity contribution in [3.8, 4) is 0 Å². The summed E-state index contributed by atoms with van der Waals surface area (Å²) in [5, 5.41) is 19.7.